The fourth-order valence-corrected chi connectivity index (χ4v) is 2.32. The monoisotopic (exact) mass is 362 g/mol. The molecule has 8 heteroatoms. The van der Waals surface area contributed by atoms with Crippen molar-refractivity contribution in [1.82, 2.24) is 0 Å². The van der Waals surface area contributed by atoms with Crippen LogP contribution in [0.5, 0.6) is 0 Å². The van der Waals surface area contributed by atoms with E-state index in [4.69, 9.17) is 16.3 Å². The standard InChI is InChI=1S/C17H15ClN2O5/c1-2-11-5-3-4-6-14(11)19-16(21)10-25-17(22)12-7-8-13(18)15(9-12)20(23)24/h3-9H,2,10H2,1H3,(H,19,21). The first-order valence-corrected chi connectivity index (χ1v) is 7.79. The second kappa shape index (κ2) is 8.25. The van der Waals surface area contributed by atoms with Crippen molar-refractivity contribution in [3.63, 3.8) is 0 Å². The molecule has 0 aliphatic heterocycles. The van der Waals surface area contributed by atoms with Crippen LogP contribution in [0.2, 0.25) is 5.02 Å². The number of hydrogen-bond acceptors (Lipinski definition) is 5. The number of para-hydroxylation sites is 1. The molecule has 0 aliphatic rings. The minimum absolute atomic E-state index is 0.0575. The Morgan fingerprint density at radius 2 is 1.96 bits per heavy atom. The van der Waals surface area contributed by atoms with E-state index in [9.17, 15) is 19.7 Å². The summed E-state index contributed by atoms with van der Waals surface area (Å²) in [6, 6.07) is 10.8. The van der Waals surface area contributed by atoms with Gasteiger partial charge in [-0.2, -0.15) is 0 Å². The summed E-state index contributed by atoms with van der Waals surface area (Å²) < 4.78 is 4.89. The molecule has 0 bridgehead atoms. The topological polar surface area (TPSA) is 98.5 Å². The van der Waals surface area contributed by atoms with Crippen LogP contribution >= 0.6 is 11.6 Å². The molecule has 0 saturated carbocycles. The predicted molar refractivity (Wildman–Crippen MR) is 92.8 cm³/mol. The number of nitrogens with zero attached hydrogens (tertiary/aromatic N) is 1. The van der Waals surface area contributed by atoms with Gasteiger partial charge < -0.3 is 10.1 Å². The Balaban J connectivity index is 1.99. The van der Waals surface area contributed by atoms with Crippen molar-refractivity contribution in [3.8, 4) is 0 Å². The fraction of sp³-hybridized carbons (Fsp3) is 0.176. The molecule has 0 spiro atoms. The van der Waals surface area contributed by atoms with Gasteiger partial charge in [-0.3, -0.25) is 14.9 Å². The van der Waals surface area contributed by atoms with E-state index in [0.29, 0.717) is 5.69 Å². The highest BCUT2D eigenvalue weighted by Gasteiger charge is 2.18. The summed E-state index contributed by atoms with van der Waals surface area (Å²) in [6.07, 6.45) is 0.741. The number of nitro benzene ring substituents is 1. The first-order chi connectivity index (χ1) is 11.9. The smallest absolute Gasteiger partial charge is 0.338 e. The molecule has 0 fully saturated rings. The molecule has 7 nitrogen and oxygen atoms in total. The van der Waals surface area contributed by atoms with Crippen molar-refractivity contribution in [1.29, 1.82) is 0 Å². The minimum atomic E-state index is -0.848. The second-order valence-electron chi connectivity index (χ2n) is 5.06. The Labute approximate surface area is 148 Å². The zero-order valence-corrected chi connectivity index (χ0v) is 14.1. The number of halogens is 1. The highest BCUT2D eigenvalue weighted by Crippen LogP contribution is 2.25. The van der Waals surface area contributed by atoms with E-state index in [1.165, 1.54) is 12.1 Å². The number of carbonyl (C=O) groups excluding carboxylic acids is 2. The summed E-state index contributed by atoms with van der Waals surface area (Å²) in [5, 5.41) is 13.4. The average molecular weight is 363 g/mol. The van der Waals surface area contributed by atoms with Crippen LogP contribution in [0.25, 0.3) is 0 Å². The van der Waals surface area contributed by atoms with Crippen LogP contribution in [0.3, 0.4) is 0 Å². The van der Waals surface area contributed by atoms with Gasteiger partial charge in [0, 0.05) is 11.8 Å². The molecule has 0 aromatic heterocycles. The van der Waals surface area contributed by atoms with E-state index < -0.39 is 29.1 Å². The number of amides is 1. The molecule has 2 aromatic rings. The van der Waals surface area contributed by atoms with Gasteiger partial charge in [0.15, 0.2) is 6.61 Å². The average Bonchev–Trinajstić information content (AvgIpc) is 2.60. The molecule has 0 atom stereocenters. The molecule has 2 aromatic carbocycles. The highest BCUT2D eigenvalue weighted by molar-refractivity contribution is 6.32. The summed E-state index contributed by atoms with van der Waals surface area (Å²) in [5.74, 6) is -1.35. The number of anilines is 1. The number of nitrogens with one attached hydrogen (secondary N) is 1. The van der Waals surface area contributed by atoms with E-state index in [2.05, 4.69) is 5.32 Å². The summed E-state index contributed by atoms with van der Waals surface area (Å²) in [6.45, 7) is 1.45. The Bertz CT molecular complexity index is 822. The summed E-state index contributed by atoms with van der Waals surface area (Å²) >= 11 is 5.68. The molecule has 2 rings (SSSR count). The van der Waals surface area contributed by atoms with Gasteiger partial charge in [-0.25, -0.2) is 4.79 Å². The Morgan fingerprint density at radius 1 is 1.24 bits per heavy atom. The molecule has 130 valence electrons. The van der Waals surface area contributed by atoms with Crippen molar-refractivity contribution in [3.05, 3.63) is 68.7 Å². The van der Waals surface area contributed by atoms with Gasteiger partial charge >= 0.3 is 5.97 Å². The predicted octanol–water partition coefficient (Wildman–Crippen LogP) is 3.61. The Hall–Kier alpha value is -2.93. The van der Waals surface area contributed by atoms with Crippen molar-refractivity contribution in [2.24, 2.45) is 0 Å². The number of hydrogen-bond donors (Lipinski definition) is 1. The van der Waals surface area contributed by atoms with E-state index in [0.717, 1.165) is 18.1 Å². The van der Waals surface area contributed by atoms with Crippen LogP contribution in [0.15, 0.2) is 42.5 Å². The van der Waals surface area contributed by atoms with Crippen LogP contribution in [0.1, 0.15) is 22.8 Å². The van der Waals surface area contributed by atoms with E-state index in [1.54, 1.807) is 12.1 Å². The lowest BCUT2D eigenvalue weighted by Crippen LogP contribution is -2.21. The number of ether oxygens (including phenoxy) is 1. The SMILES string of the molecule is CCc1ccccc1NC(=O)COC(=O)c1ccc(Cl)c([N+](=O)[O-])c1. The maximum atomic E-state index is 11.9. The molecular weight excluding hydrogens is 348 g/mol. The van der Waals surface area contributed by atoms with Gasteiger partial charge in [-0.05, 0) is 30.2 Å². The third-order valence-corrected chi connectivity index (χ3v) is 3.70. The van der Waals surface area contributed by atoms with Crippen LogP contribution in [-0.2, 0) is 16.0 Å². The Morgan fingerprint density at radius 3 is 2.64 bits per heavy atom. The third-order valence-electron chi connectivity index (χ3n) is 3.39. The number of aryl methyl sites for hydroxylation is 1. The van der Waals surface area contributed by atoms with E-state index >= 15 is 0 Å². The molecule has 1 N–H and O–H groups in total. The maximum Gasteiger partial charge on any atom is 0.338 e. The molecule has 0 radical (unpaired) electrons. The lowest BCUT2D eigenvalue weighted by atomic mass is 10.1. The lowest BCUT2D eigenvalue weighted by molar-refractivity contribution is -0.384. The summed E-state index contributed by atoms with van der Waals surface area (Å²) in [4.78, 5) is 34.0. The quantitative estimate of drug-likeness (QED) is 0.481. The number of carbonyl (C=O) groups is 2. The zero-order valence-electron chi connectivity index (χ0n) is 13.3. The number of nitro groups is 1. The molecule has 1 amide bonds. The molecule has 0 unspecified atom stereocenters. The molecule has 0 saturated heterocycles. The van der Waals surface area contributed by atoms with Gasteiger partial charge in [0.25, 0.3) is 11.6 Å². The highest BCUT2D eigenvalue weighted by atomic mass is 35.5. The van der Waals surface area contributed by atoms with Gasteiger partial charge in [-0.1, -0.05) is 36.7 Å². The number of benzene rings is 2. The second-order valence-corrected chi connectivity index (χ2v) is 5.47. The van der Waals surface area contributed by atoms with Crippen LogP contribution < -0.4 is 5.32 Å². The fourth-order valence-electron chi connectivity index (χ4n) is 2.13. The van der Waals surface area contributed by atoms with Crippen LogP contribution in [0.4, 0.5) is 11.4 Å². The minimum Gasteiger partial charge on any atom is -0.452 e. The van der Waals surface area contributed by atoms with Crippen LogP contribution in [0, 0.1) is 10.1 Å². The van der Waals surface area contributed by atoms with Gasteiger partial charge in [-0.15, -0.1) is 0 Å². The first-order valence-electron chi connectivity index (χ1n) is 7.41. The van der Waals surface area contributed by atoms with E-state index in [-0.39, 0.29) is 10.6 Å². The zero-order chi connectivity index (χ0) is 18.4. The van der Waals surface area contributed by atoms with Crippen molar-refractivity contribution in [2.75, 3.05) is 11.9 Å². The lowest BCUT2D eigenvalue weighted by Gasteiger charge is -2.10. The van der Waals surface area contributed by atoms with Gasteiger partial charge in [0.2, 0.25) is 0 Å². The normalized spacial score (nSPS) is 10.2. The molecular formula is C17H15ClN2O5. The van der Waals surface area contributed by atoms with E-state index in [1.807, 2.05) is 19.1 Å². The van der Waals surface area contributed by atoms with Crippen molar-refractivity contribution in [2.45, 2.75) is 13.3 Å². The van der Waals surface area contributed by atoms with Crippen LogP contribution in [-0.4, -0.2) is 23.4 Å². The van der Waals surface area contributed by atoms with Gasteiger partial charge in [0.05, 0.1) is 10.5 Å². The molecule has 0 heterocycles. The van der Waals surface area contributed by atoms with Crippen molar-refractivity contribution >= 4 is 34.9 Å². The molecule has 25 heavy (non-hydrogen) atoms. The number of rotatable bonds is 6. The maximum absolute atomic E-state index is 11.9. The summed E-state index contributed by atoms with van der Waals surface area (Å²) in [7, 11) is 0. The number of esters is 1. The Kier molecular flexibility index (Phi) is 6.08. The largest absolute Gasteiger partial charge is 0.452 e. The first kappa shape index (κ1) is 18.4. The van der Waals surface area contributed by atoms with Gasteiger partial charge in [0.1, 0.15) is 5.02 Å². The molecule has 0 aliphatic carbocycles. The third kappa shape index (κ3) is 4.77. The van der Waals surface area contributed by atoms with Crippen molar-refractivity contribution < 1.29 is 19.2 Å². The summed E-state index contributed by atoms with van der Waals surface area (Å²) in [5.41, 5.74) is 1.14.